The first kappa shape index (κ1) is 21.0. The highest BCUT2D eigenvalue weighted by Crippen LogP contribution is 2.39. The molecular weight excluding hydrogens is 431 g/mol. The Morgan fingerprint density at radius 1 is 0.742 bits per heavy atom. The highest BCUT2D eigenvalue weighted by Gasteiger charge is 2.14. The summed E-state index contributed by atoms with van der Waals surface area (Å²) in [5.74, 6) is -0.282. The van der Waals surface area contributed by atoms with Gasteiger partial charge in [-0.25, -0.2) is 4.79 Å². The summed E-state index contributed by atoms with van der Waals surface area (Å²) in [5, 5.41) is 10.6. The van der Waals surface area contributed by atoms with E-state index in [0.29, 0.717) is 22.4 Å². The molecule has 0 aliphatic heterocycles. The first-order valence-electron chi connectivity index (χ1n) is 9.61. The zero-order valence-electron chi connectivity index (χ0n) is 16.4. The van der Waals surface area contributed by atoms with E-state index in [0.717, 1.165) is 27.8 Å². The summed E-state index contributed by atoms with van der Waals surface area (Å²) in [5.41, 5.74) is 4.66. The second-order valence-corrected chi connectivity index (χ2v) is 7.86. The van der Waals surface area contributed by atoms with E-state index in [-0.39, 0.29) is 5.56 Å². The summed E-state index contributed by atoms with van der Waals surface area (Å²) in [7, 11) is 0. The molecule has 0 aromatic heterocycles. The second kappa shape index (κ2) is 9.25. The van der Waals surface area contributed by atoms with Crippen molar-refractivity contribution in [1.29, 1.82) is 0 Å². The molecule has 0 heterocycles. The molecule has 3 nitrogen and oxygen atoms in total. The van der Waals surface area contributed by atoms with Gasteiger partial charge < -0.3 is 9.84 Å². The van der Waals surface area contributed by atoms with Gasteiger partial charge in [0, 0.05) is 15.6 Å². The monoisotopic (exact) mass is 448 g/mol. The van der Waals surface area contributed by atoms with E-state index in [2.05, 4.69) is 0 Å². The Bertz CT molecular complexity index is 1230. The maximum atomic E-state index is 11.4. The molecule has 4 aromatic rings. The molecule has 4 rings (SSSR count). The van der Waals surface area contributed by atoms with Gasteiger partial charge in [-0.2, -0.15) is 0 Å². The minimum atomic E-state index is -0.964. The standard InChI is InChI=1S/C26H18Cl2O3/c27-20-10-8-17(9-11-20)16-31-25-13-12-21(28)15-24(25)23-7-2-1-6-22(23)18-4-3-5-19(14-18)26(29)30/h1-15H,16H2,(H,29,30). The van der Waals surface area contributed by atoms with Crippen molar-refractivity contribution in [2.45, 2.75) is 6.61 Å². The molecule has 0 fully saturated rings. The molecule has 1 N–H and O–H groups in total. The van der Waals surface area contributed by atoms with Crippen molar-refractivity contribution in [3.05, 3.63) is 112 Å². The molecule has 5 heteroatoms. The van der Waals surface area contributed by atoms with Crippen LogP contribution >= 0.6 is 23.2 Å². The van der Waals surface area contributed by atoms with Crippen molar-refractivity contribution in [2.75, 3.05) is 0 Å². The van der Waals surface area contributed by atoms with E-state index >= 15 is 0 Å². The summed E-state index contributed by atoms with van der Waals surface area (Å²) < 4.78 is 6.13. The van der Waals surface area contributed by atoms with Crippen LogP contribution in [0.5, 0.6) is 5.75 Å². The molecule has 0 saturated carbocycles. The van der Waals surface area contributed by atoms with Gasteiger partial charge in [0.2, 0.25) is 0 Å². The lowest BCUT2D eigenvalue weighted by atomic mass is 9.93. The fourth-order valence-electron chi connectivity index (χ4n) is 3.37. The van der Waals surface area contributed by atoms with Crippen LogP contribution in [0.15, 0.2) is 91.0 Å². The van der Waals surface area contributed by atoms with E-state index in [4.69, 9.17) is 27.9 Å². The average Bonchev–Trinajstić information content (AvgIpc) is 2.79. The predicted molar refractivity (Wildman–Crippen MR) is 125 cm³/mol. The molecule has 0 atom stereocenters. The van der Waals surface area contributed by atoms with Gasteiger partial charge in [0.15, 0.2) is 0 Å². The molecule has 0 bridgehead atoms. The zero-order chi connectivity index (χ0) is 21.8. The van der Waals surface area contributed by atoms with Gasteiger partial charge in [-0.3, -0.25) is 0 Å². The van der Waals surface area contributed by atoms with E-state index in [1.165, 1.54) is 0 Å². The molecule has 0 unspecified atom stereocenters. The van der Waals surface area contributed by atoms with Gasteiger partial charge in [-0.05, 0) is 64.7 Å². The van der Waals surface area contributed by atoms with Crippen LogP contribution in [0.25, 0.3) is 22.3 Å². The van der Waals surface area contributed by atoms with E-state index in [1.807, 2.05) is 66.7 Å². The zero-order valence-corrected chi connectivity index (χ0v) is 17.9. The number of carboxylic acids is 1. The second-order valence-electron chi connectivity index (χ2n) is 6.99. The Hall–Kier alpha value is -3.27. The smallest absolute Gasteiger partial charge is 0.335 e. The largest absolute Gasteiger partial charge is 0.488 e. The van der Waals surface area contributed by atoms with Crippen molar-refractivity contribution in [3.8, 4) is 28.0 Å². The van der Waals surface area contributed by atoms with Crippen molar-refractivity contribution in [2.24, 2.45) is 0 Å². The molecule has 0 aliphatic carbocycles. The van der Waals surface area contributed by atoms with Crippen LogP contribution in [-0.4, -0.2) is 11.1 Å². The van der Waals surface area contributed by atoms with Crippen LogP contribution in [0.3, 0.4) is 0 Å². The van der Waals surface area contributed by atoms with E-state index < -0.39 is 5.97 Å². The van der Waals surface area contributed by atoms with Gasteiger partial charge in [0.05, 0.1) is 5.56 Å². The van der Waals surface area contributed by atoms with Crippen LogP contribution in [-0.2, 0) is 6.61 Å². The van der Waals surface area contributed by atoms with Gasteiger partial charge in [0.1, 0.15) is 12.4 Å². The highest BCUT2D eigenvalue weighted by atomic mass is 35.5. The van der Waals surface area contributed by atoms with Crippen LogP contribution in [0, 0.1) is 0 Å². The summed E-state index contributed by atoms with van der Waals surface area (Å²) in [6, 6.07) is 27.7. The van der Waals surface area contributed by atoms with Gasteiger partial charge >= 0.3 is 5.97 Å². The third-order valence-electron chi connectivity index (χ3n) is 4.89. The Morgan fingerprint density at radius 3 is 2.19 bits per heavy atom. The molecule has 0 aliphatic rings. The van der Waals surface area contributed by atoms with Crippen LogP contribution in [0.1, 0.15) is 15.9 Å². The molecule has 0 saturated heterocycles. The van der Waals surface area contributed by atoms with Crippen LogP contribution in [0.2, 0.25) is 10.0 Å². The minimum absolute atomic E-state index is 0.234. The number of hydrogen-bond donors (Lipinski definition) is 1. The van der Waals surface area contributed by atoms with Gasteiger partial charge in [0.25, 0.3) is 0 Å². The third kappa shape index (κ3) is 4.91. The number of ether oxygens (including phenoxy) is 1. The first-order chi connectivity index (χ1) is 15.0. The quantitative estimate of drug-likeness (QED) is 0.330. The Kier molecular flexibility index (Phi) is 6.26. The number of aromatic carboxylic acids is 1. The number of benzene rings is 4. The Labute approximate surface area is 190 Å². The summed E-state index contributed by atoms with van der Waals surface area (Å²) >= 11 is 12.3. The number of halogens is 2. The molecular formula is C26H18Cl2O3. The lowest BCUT2D eigenvalue weighted by Gasteiger charge is -2.16. The van der Waals surface area contributed by atoms with Gasteiger partial charge in [-0.1, -0.05) is 71.7 Å². The molecule has 154 valence electrons. The van der Waals surface area contributed by atoms with Gasteiger partial charge in [-0.15, -0.1) is 0 Å². The van der Waals surface area contributed by atoms with E-state index in [9.17, 15) is 9.90 Å². The Morgan fingerprint density at radius 2 is 1.45 bits per heavy atom. The van der Waals surface area contributed by atoms with Crippen molar-refractivity contribution in [3.63, 3.8) is 0 Å². The summed E-state index contributed by atoms with van der Waals surface area (Å²) in [4.78, 5) is 11.4. The lowest BCUT2D eigenvalue weighted by molar-refractivity contribution is 0.0697. The van der Waals surface area contributed by atoms with Crippen molar-refractivity contribution < 1.29 is 14.6 Å². The molecule has 0 radical (unpaired) electrons. The number of rotatable bonds is 6. The molecule has 31 heavy (non-hydrogen) atoms. The fraction of sp³-hybridized carbons (Fsp3) is 0.0385. The molecule has 0 amide bonds. The minimum Gasteiger partial charge on any atom is -0.488 e. The summed E-state index contributed by atoms with van der Waals surface area (Å²) in [6.45, 7) is 0.377. The lowest BCUT2D eigenvalue weighted by Crippen LogP contribution is -1.98. The number of carboxylic acid groups (broad SMARTS) is 1. The highest BCUT2D eigenvalue weighted by molar-refractivity contribution is 6.31. The Balaban J connectivity index is 1.75. The molecule has 0 spiro atoms. The average molecular weight is 449 g/mol. The first-order valence-corrected chi connectivity index (χ1v) is 10.4. The molecule has 4 aromatic carbocycles. The number of hydrogen-bond acceptors (Lipinski definition) is 2. The van der Waals surface area contributed by atoms with Crippen LogP contribution in [0.4, 0.5) is 0 Å². The maximum absolute atomic E-state index is 11.4. The fourth-order valence-corrected chi connectivity index (χ4v) is 3.67. The normalized spacial score (nSPS) is 10.6. The van der Waals surface area contributed by atoms with E-state index in [1.54, 1.807) is 24.3 Å². The number of carbonyl (C=O) groups is 1. The SMILES string of the molecule is O=C(O)c1cccc(-c2ccccc2-c2cc(Cl)ccc2OCc2ccc(Cl)cc2)c1. The van der Waals surface area contributed by atoms with Crippen molar-refractivity contribution >= 4 is 29.2 Å². The topological polar surface area (TPSA) is 46.5 Å². The third-order valence-corrected chi connectivity index (χ3v) is 5.37. The predicted octanol–water partition coefficient (Wildman–Crippen LogP) is 7.60. The summed E-state index contributed by atoms with van der Waals surface area (Å²) in [6.07, 6.45) is 0. The van der Waals surface area contributed by atoms with Crippen LogP contribution < -0.4 is 4.74 Å². The maximum Gasteiger partial charge on any atom is 0.335 e. The van der Waals surface area contributed by atoms with Crippen molar-refractivity contribution in [1.82, 2.24) is 0 Å².